The molecule has 0 aliphatic carbocycles. The summed E-state index contributed by atoms with van der Waals surface area (Å²) < 4.78 is 33.9. The standard InChI is InChI=1S/C13H18N2O5S.ClH/c1-8(2)5-21(17,18)6-13(16)15-10-4-12-11(3-9(10)14)19-7-20-12;/h3-4,8H,5-7,14H2,1-2H3,(H,15,16);1H. The number of halogens is 1. The highest BCUT2D eigenvalue weighted by atomic mass is 35.5. The monoisotopic (exact) mass is 350 g/mol. The number of ether oxygens (including phenoxy) is 2. The minimum Gasteiger partial charge on any atom is -0.454 e. The van der Waals surface area contributed by atoms with Gasteiger partial charge in [-0.15, -0.1) is 12.4 Å². The maximum atomic E-state index is 11.8. The number of hydrogen-bond donors (Lipinski definition) is 2. The molecule has 1 aromatic carbocycles. The summed E-state index contributed by atoms with van der Waals surface area (Å²) >= 11 is 0. The van der Waals surface area contributed by atoms with Gasteiger partial charge in [-0.05, 0) is 5.92 Å². The Bertz CT molecular complexity index is 661. The minimum atomic E-state index is -3.43. The second-order valence-electron chi connectivity index (χ2n) is 5.29. The van der Waals surface area contributed by atoms with E-state index >= 15 is 0 Å². The predicted octanol–water partition coefficient (Wildman–Crippen LogP) is 1.43. The lowest BCUT2D eigenvalue weighted by Crippen LogP contribution is -2.26. The molecule has 1 heterocycles. The number of nitrogen functional groups attached to an aromatic ring is 1. The highest BCUT2D eigenvalue weighted by molar-refractivity contribution is 7.92. The Morgan fingerprint density at radius 3 is 2.50 bits per heavy atom. The van der Waals surface area contributed by atoms with Gasteiger partial charge >= 0.3 is 0 Å². The molecule has 7 nitrogen and oxygen atoms in total. The van der Waals surface area contributed by atoms with E-state index in [1.807, 2.05) is 0 Å². The molecule has 0 atom stereocenters. The first-order chi connectivity index (χ1) is 9.77. The van der Waals surface area contributed by atoms with Crippen LogP contribution in [0.15, 0.2) is 12.1 Å². The number of sulfone groups is 1. The Morgan fingerprint density at radius 2 is 1.91 bits per heavy atom. The van der Waals surface area contributed by atoms with Gasteiger partial charge in [-0.25, -0.2) is 8.42 Å². The molecule has 1 amide bonds. The topological polar surface area (TPSA) is 108 Å². The number of nitrogens with two attached hydrogens (primary N) is 1. The second kappa shape index (κ2) is 7.06. The fourth-order valence-corrected chi connectivity index (χ4v) is 3.62. The Hall–Kier alpha value is -1.67. The van der Waals surface area contributed by atoms with Crippen LogP contribution in [0.2, 0.25) is 0 Å². The molecule has 1 aromatic rings. The third kappa shape index (κ3) is 4.67. The van der Waals surface area contributed by atoms with Crippen molar-refractivity contribution in [3.05, 3.63) is 12.1 Å². The summed E-state index contributed by atoms with van der Waals surface area (Å²) in [5, 5.41) is 2.49. The summed E-state index contributed by atoms with van der Waals surface area (Å²) in [6.07, 6.45) is 0. The van der Waals surface area contributed by atoms with Gasteiger partial charge < -0.3 is 20.5 Å². The molecule has 1 aliphatic rings. The van der Waals surface area contributed by atoms with Gasteiger partial charge in [0.1, 0.15) is 5.75 Å². The van der Waals surface area contributed by atoms with Crippen molar-refractivity contribution in [3.8, 4) is 11.5 Å². The number of hydrogen-bond acceptors (Lipinski definition) is 6. The average Bonchev–Trinajstić information content (AvgIpc) is 2.73. The van der Waals surface area contributed by atoms with E-state index in [1.54, 1.807) is 13.8 Å². The third-order valence-electron chi connectivity index (χ3n) is 2.76. The van der Waals surface area contributed by atoms with Crippen LogP contribution < -0.4 is 20.5 Å². The fourth-order valence-electron chi connectivity index (χ4n) is 2.02. The zero-order valence-electron chi connectivity index (χ0n) is 12.3. The Labute approximate surface area is 135 Å². The molecular formula is C13H19ClN2O5S. The van der Waals surface area contributed by atoms with Gasteiger partial charge in [-0.1, -0.05) is 13.8 Å². The van der Waals surface area contributed by atoms with E-state index in [0.717, 1.165) is 0 Å². The number of fused-ring (bicyclic) bond motifs is 1. The number of anilines is 2. The first-order valence-corrected chi connectivity index (χ1v) is 8.28. The lowest BCUT2D eigenvalue weighted by Gasteiger charge is -2.10. The quantitative estimate of drug-likeness (QED) is 0.778. The van der Waals surface area contributed by atoms with Crippen LogP contribution in [0.5, 0.6) is 11.5 Å². The van der Waals surface area contributed by atoms with Crippen LogP contribution in [0.1, 0.15) is 13.8 Å². The maximum absolute atomic E-state index is 11.8. The number of rotatable bonds is 5. The van der Waals surface area contributed by atoms with E-state index in [0.29, 0.717) is 17.2 Å². The average molecular weight is 351 g/mol. The zero-order chi connectivity index (χ0) is 15.6. The molecular weight excluding hydrogens is 332 g/mol. The normalized spacial score (nSPS) is 12.9. The van der Waals surface area contributed by atoms with Crippen LogP contribution in [-0.4, -0.2) is 32.6 Å². The molecule has 0 saturated heterocycles. The second-order valence-corrected chi connectivity index (χ2v) is 7.40. The van der Waals surface area contributed by atoms with E-state index in [1.165, 1.54) is 12.1 Å². The largest absolute Gasteiger partial charge is 0.454 e. The molecule has 2 rings (SSSR count). The Kier molecular flexibility index (Phi) is 5.90. The highest BCUT2D eigenvalue weighted by Crippen LogP contribution is 2.38. The van der Waals surface area contributed by atoms with Gasteiger partial charge in [0, 0.05) is 12.1 Å². The summed E-state index contributed by atoms with van der Waals surface area (Å²) in [5.41, 5.74) is 6.38. The fraction of sp³-hybridized carbons (Fsp3) is 0.462. The van der Waals surface area contributed by atoms with Crippen molar-refractivity contribution in [1.82, 2.24) is 0 Å². The molecule has 0 aromatic heterocycles. The first kappa shape index (κ1) is 18.4. The SMILES string of the molecule is CC(C)CS(=O)(=O)CC(=O)Nc1cc2c(cc1N)OCO2.Cl. The highest BCUT2D eigenvalue weighted by Gasteiger charge is 2.21. The van der Waals surface area contributed by atoms with Crippen molar-refractivity contribution in [1.29, 1.82) is 0 Å². The van der Waals surface area contributed by atoms with Crippen molar-refractivity contribution in [2.24, 2.45) is 5.92 Å². The molecule has 0 fully saturated rings. The molecule has 0 radical (unpaired) electrons. The maximum Gasteiger partial charge on any atom is 0.239 e. The third-order valence-corrected chi connectivity index (χ3v) is 4.63. The van der Waals surface area contributed by atoms with Crippen LogP contribution in [0, 0.1) is 5.92 Å². The van der Waals surface area contributed by atoms with Gasteiger partial charge in [0.25, 0.3) is 0 Å². The summed E-state index contributed by atoms with van der Waals surface area (Å²) in [4.78, 5) is 11.8. The molecule has 1 aliphatic heterocycles. The van der Waals surface area contributed by atoms with Gasteiger partial charge in [-0.2, -0.15) is 0 Å². The summed E-state index contributed by atoms with van der Waals surface area (Å²) in [6, 6.07) is 3.05. The summed E-state index contributed by atoms with van der Waals surface area (Å²) in [6.45, 7) is 3.66. The number of carbonyl (C=O) groups is 1. The molecule has 0 unspecified atom stereocenters. The van der Waals surface area contributed by atoms with Crippen LogP contribution >= 0.6 is 12.4 Å². The number of carbonyl (C=O) groups excluding carboxylic acids is 1. The van der Waals surface area contributed by atoms with E-state index in [9.17, 15) is 13.2 Å². The minimum absolute atomic E-state index is 0. The van der Waals surface area contributed by atoms with Crippen molar-refractivity contribution < 1.29 is 22.7 Å². The van der Waals surface area contributed by atoms with Crippen molar-refractivity contribution in [2.45, 2.75) is 13.8 Å². The van der Waals surface area contributed by atoms with Crippen LogP contribution in [0.25, 0.3) is 0 Å². The number of nitrogens with one attached hydrogen (secondary N) is 1. The Balaban J connectivity index is 0.00000242. The first-order valence-electron chi connectivity index (χ1n) is 6.46. The van der Waals surface area contributed by atoms with E-state index in [4.69, 9.17) is 15.2 Å². The molecule has 3 N–H and O–H groups in total. The Morgan fingerprint density at radius 1 is 1.32 bits per heavy atom. The van der Waals surface area contributed by atoms with Crippen molar-refractivity contribution in [3.63, 3.8) is 0 Å². The number of amides is 1. The molecule has 9 heteroatoms. The van der Waals surface area contributed by atoms with E-state index in [2.05, 4.69) is 5.32 Å². The van der Waals surface area contributed by atoms with Crippen molar-refractivity contribution in [2.75, 3.05) is 29.3 Å². The van der Waals surface area contributed by atoms with Gasteiger partial charge in [0.05, 0.1) is 17.1 Å². The predicted molar refractivity (Wildman–Crippen MR) is 86.3 cm³/mol. The van der Waals surface area contributed by atoms with Crippen LogP contribution in [0.3, 0.4) is 0 Å². The lowest BCUT2D eigenvalue weighted by atomic mass is 10.2. The van der Waals surface area contributed by atoms with Gasteiger partial charge in [-0.3, -0.25) is 4.79 Å². The smallest absolute Gasteiger partial charge is 0.239 e. The zero-order valence-corrected chi connectivity index (χ0v) is 13.9. The lowest BCUT2D eigenvalue weighted by molar-refractivity contribution is -0.113. The van der Waals surface area contributed by atoms with Gasteiger partial charge in [0.2, 0.25) is 12.7 Å². The summed E-state index contributed by atoms with van der Waals surface area (Å²) in [7, 11) is -3.43. The molecule has 0 spiro atoms. The van der Waals surface area contributed by atoms with Crippen molar-refractivity contribution >= 4 is 39.5 Å². The molecule has 0 bridgehead atoms. The summed E-state index contributed by atoms with van der Waals surface area (Å²) in [5.74, 6) is -0.294. The molecule has 124 valence electrons. The van der Waals surface area contributed by atoms with Crippen LogP contribution in [-0.2, 0) is 14.6 Å². The molecule has 22 heavy (non-hydrogen) atoms. The van der Waals surface area contributed by atoms with E-state index in [-0.39, 0.29) is 36.6 Å². The van der Waals surface area contributed by atoms with Gasteiger partial charge in [0.15, 0.2) is 21.3 Å². The van der Waals surface area contributed by atoms with Crippen LogP contribution in [0.4, 0.5) is 11.4 Å². The number of benzene rings is 1. The van der Waals surface area contributed by atoms with E-state index < -0.39 is 21.5 Å². The molecule has 0 saturated carbocycles.